The molecule has 0 heterocycles. The van der Waals surface area contributed by atoms with Crippen molar-refractivity contribution in [2.24, 2.45) is 0 Å². The predicted octanol–water partition coefficient (Wildman–Crippen LogP) is 2.28. The van der Waals surface area contributed by atoms with Crippen molar-refractivity contribution in [2.45, 2.75) is 31.3 Å². The number of hydrogen-bond acceptors (Lipinski definition) is 3. The van der Waals surface area contributed by atoms with Crippen molar-refractivity contribution in [3.8, 4) is 6.07 Å². The molecule has 16 heavy (non-hydrogen) atoms. The molecule has 1 aromatic carbocycles. The fourth-order valence-corrected chi connectivity index (χ4v) is 2.20. The van der Waals surface area contributed by atoms with E-state index >= 15 is 0 Å². The SMILES string of the molecule is N#Cc1ccccc1NCC1(O)CCCC1. The van der Waals surface area contributed by atoms with E-state index in [-0.39, 0.29) is 0 Å². The van der Waals surface area contributed by atoms with Crippen molar-refractivity contribution in [1.82, 2.24) is 0 Å². The Morgan fingerprint density at radius 1 is 1.31 bits per heavy atom. The minimum atomic E-state index is -0.581. The van der Waals surface area contributed by atoms with Gasteiger partial charge in [0.25, 0.3) is 0 Å². The van der Waals surface area contributed by atoms with E-state index in [4.69, 9.17) is 5.26 Å². The summed E-state index contributed by atoms with van der Waals surface area (Å²) < 4.78 is 0. The number of anilines is 1. The molecule has 0 amide bonds. The highest BCUT2D eigenvalue weighted by molar-refractivity contribution is 5.57. The first-order chi connectivity index (χ1) is 7.73. The number of para-hydroxylation sites is 1. The van der Waals surface area contributed by atoms with E-state index in [0.29, 0.717) is 12.1 Å². The Morgan fingerprint density at radius 2 is 2.00 bits per heavy atom. The van der Waals surface area contributed by atoms with Gasteiger partial charge < -0.3 is 10.4 Å². The zero-order valence-corrected chi connectivity index (χ0v) is 9.24. The molecule has 1 aliphatic carbocycles. The summed E-state index contributed by atoms with van der Waals surface area (Å²) in [6.07, 6.45) is 3.90. The van der Waals surface area contributed by atoms with Crippen LogP contribution in [-0.4, -0.2) is 17.3 Å². The molecular formula is C13H16N2O. The average Bonchev–Trinajstić information content (AvgIpc) is 2.74. The largest absolute Gasteiger partial charge is 0.388 e. The van der Waals surface area contributed by atoms with E-state index in [1.807, 2.05) is 18.2 Å². The third kappa shape index (κ3) is 2.34. The first-order valence-electron chi connectivity index (χ1n) is 5.69. The Hall–Kier alpha value is -1.53. The van der Waals surface area contributed by atoms with Crippen molar-refractivity contribution < 1.29 is 5.11 Å². The van der Waals surface area contributed by atoms with Gasteiger partial charge in [0.2, 0.25) is 0 Å². The molecule has 3 heteroatoms. The third-order valence-electron chi connectivity index (χ3n) is 3.19. The van der Waals surface area contributed by atoms with Crippen molar-refractivity contribution in [1.29, 1.82) is 5.26 Å². The number of rotatable bonds is 3. The fraction of sp³-hybridized carbons (Fsp3) is 0.462. The molecule has 1 aromatic rings. The number of hydrogen-bond donors (Lipinski definition) is 2. The number of benzene rings is 1. The molecule has 0 bridgehead atoms. The van der Waals surface area contributed by atoms with Gasteiger partial charge in [0, 0.05) is 6.54 Å². The van der Waals surface area contributed by atoms with Gasteiger partial charge in [-0.25, -0.2) is 0 Å². The Labute approximate surface area is 95.7 Å². The minimum absolute atomic E-state index is 0.533. The van der Waals surface area contributed by atoms with Gasteiger partial charge in [-0.1, -0.05) is 25.0 Å². The fourth-order valence-electron chi connectivity index (χ4n) is 2.20. The highest BCUT2D eigenvalue weighted by Gasteiger charge is 2.30. The molecule has 1 aliphatic rings. The molecule has 2 N–H and O–H groups in total. The van der Waals surface area contributed by atoms with Crippen LogP contribution < -0.4 is 5.32 Å². The van der Waals surface area contributed by atoms with Gasteiger partial charge >= 0.3 is 0 Å². The Bertz CT molecular complexity index is 403. The van der Waals surface area contributed by atoms with Gasteiger partial charge in [0.1, 0.15) is 6.07 Å². The summed E-state index contributed by atoms with van der Waals surface area (Å²) in [5, 5.41) is 22.3. The zero-order chi connectivity index (χ0) is 11.4. The second kappa shape index (κ2) is 4.54. The van der Waals surface area contributed by atoms with E-state index in [0.717, 1.165) is 31.4 Å². The van der Waals surface area contributed by atoms with Crippen LogP contribution in [0.25, 0.3) is 0 Å². The summed E-state index contributed by atoms with van der Waals surface area (Å²) in [6.45, 7) is 0.533. The summed E-state index contributed by atoms with van der Waals surface area (Å²) in [4.78, 5) is 0. The molecule has 0 radical (unpaired) electrons. The topological polar surface area (TPSA) is 56.0 Å². The van der Waals surface area contributed by atoms with E-state index in [2.05, 4.69) is 11.4 Å². The lowest BCUT2D eigenvalue weighted by Gasteiger charge is -2.23. The standard InChI is InChI=1S/C13H16N2O/c14-9-11-5-1-2-6-12(11)15-10-13(16)7-3-4-8-13/h1-2,5-6,15-16H,3-4,7-8,10H2. The van der Waals surface area contributed by atoms with Gasteiger partial charge in [-0.15, -0.1) is 0 Å². The van der Waals surface area contributed by atoms with E-state index in [9.17, 15) is 5.11 Å². The van der Waals surface area contributed by atoms with Crippen LogP contribution in [0.4, 0.5) is 5.69 Å². The Morgan fingerprint density at radius 3 is 2.69 bits per heavy atom. The van der Waals surface area contributed by atoms with Crippen molar-refractivity contribution >= 4 is 5.69 Å². The molecular weight excluding hydrogens is 200 g/mol. The Balaban J connectivity index is 2.02. The molecule has 0 aliphatic heterocycles. The van der Waals surface area contributed by atoms with Crippen LogP contribution in [0.2, 0.25) is 0 Å². The van der Waals surface area contributed by atoms with Crippen molar-refractivity contribution in [3.05, 3.63) is 29.8 Å². The number of aliphatic hydroxyl groups is 1. The lowest BCUT2D eigenvalue weighted by molar-refractivity contribution is 0.0615. The average molecular weight is 216 g/mol. The maximum absolute atomic E-state index is 10.2. The van der Waals surface area contributed by atoms with E-state index in [1.165, 1.54) is 0 Å². The molecule has 0 saturated heterocycles. The van der Waals surface area contributed by atoms with Gasteiger partial charge in [0.15, 0.2) is 0 Å². The molecule has 0 atom stereocenters. The van der Waals surface area contributed by atoms with Crippen LogP contribution >= 0.6 is 0 Å². The molecule has 2 rings (SSSR count). The van der Waals surface area contributed by atoms with Gasteiger partial charge in [-0.3, -0.25) is 0 Å². The summed E-state index contributed by atoms with van der Waals surface area (Å²) in [6, 6.07) is 9.52. The second-order valence-electron chi connectivity index (χ2n) is 4.44. The number of nitrogens with zero attached hydrogens (tertiary/aromatic N) is 1. The highest BCUT2D eigenvalue weighted by atomic mass is 16.3. The predicted molar refractivity (Wildman–Crippen MR) is 63.1 cm³/mol. The first kappa shape index (κ1) is 11.0. The van der Waals surface area contributed by atoms with Crippen molar-refractivity contribution in [2.75, 3.05) is 11.9 Å². The van der Waals surface area contributed by atoms with Gasteiger partial charge in [-0.2, -0.15) is 5.26 Å². The van der Waals surface area contributed by atoms with Gasteiger partial charge in [0.05, 0.1) is 16.9 Å². The molecule has 84 valence electrons. The molecule has 0 aromatic heterocycles. The zero-order valence-electron chi connectivity index (χ0n) is 9.24. The first-order valence-corrected chi connectivity index (χ1v) is 5.69. The highest BCUT2D eigenvalue weighted by Crippen LogP contribution is 2.29. The van der Waals surface area contributed by atoms with Crippen LogP contribution in [0.1, 0.15) is 31.2 Å². The second-order valence-corrected chi connectivity index (χ2v) is 4.44. The molecule has 0 unspecified atom stereocenters. The smallest absolute Gasteiger partial charge is 0.101 e. The number of nitriles is 1. The van der Waals surface area contributed by atoms with E-state index in [1.54, 1.807) is 6.07 Å². The van der Waals surface area contributed by atoms with Crippen LogP contribution in [0.5, 0.6) is 0 Å². The third-order valence-corrected chi connectivity index (χ3v) is 3.19. The monoisotopic (exact) mass is 216 g/mol. The summed E-state index contributed by atoms with van der Waals surface area (Å²) in [7, 11) is 0. The maximum Gasteiger partial charge on any atom is 0.101 e. The summed E-state index contributed by atoms with van der Waals surface area (Å²) >= 11 is 0. The van der Waals surface area contributed by atoms with Crippen LogP contribution in [0, 0.1) is 11.3 Å². The summed E-state index contributed by atoms with van der Waals surface area (Å²) in [5.74, 6) is 0. The quantitative estimate of drug-likeness (QED) is 0.815. The molecule has 1 fully saturated rings. The Kier molecular flexibility index (Phi) is 3.12. The summed E-state index contributed by atoms with van der Waals surface area (Å²) in [5.41, 5.74) is 0.858. The van der Waals surface area contributed by atoms with Crippen LogP contribution in [-0.2, 0) is 0 Å². The maximum atomic E-state index is 10.2. The molecule has 0 spiro atoms. The van der Waals surface area contributed by atoms with E-state index < -0.39 is 5.60 Å². The molecule has 1 saturated carbocycles. The number of nitrogens with one attached hydrogen (secondary N) is 1. The molecule has 3 nitrogen and oxygen atoms in total. The van der Waals surface area contributed by atoms with Crippen molar-refractivity contribution in [3.63, 3.8) is 0 Å². The van der Waals surface area contributed by atoms with Crippen LogP contribution in [0.3, 0.4) is 0 Å². The van der Waals surface area contributed by atoms with Crippen LogP contribution in [0.15, 0.2) is 24.3 Å². The lowest BCUT2D eigenvalue weighted by Crippen LogP contribution is -2.33. The minimum Gasteiger partial charge on any atom is -0.388 e. The normalized spacial score (nSPS) is 18.0. The van der Waals surface area contributed by atoms with Gasteiger partial charge in [-0.05, 0) is 25.0 Å². The lowest BCUT2D eigenvalue weighted by atomic mass is 10.0.